The van der Waals surface area contributed by atoms with Gasteiger partial charge in [-0.25, -0.2) is 0 Å². The summed E-state index contributed by atoms with van der Waals surface area (Å²) in [7, 11) is 0. The van der Waals surface area contributed by atoms with Crippen LogP contribution < -0.4 is 10.9 Å². The van der Waals surface area contributed by atoms with Crippen molar-refractivity contribution in [1.82, 2.24) is 24.5 Å². The number of aryl methyl sites for hydroxylation is 1. The number of carbonyl (C=O) groups excluding carboxylic acids is 1. The summed E-state index contributed by atoms with van der Waals surface area (Å²) in [5, 5.41) is 12.9. The number of aromatic nitrogens is 4. The zero-order valence-electron chi connectivity index (χ0n) is 18.3. The van der Waals surface area contributed by atoms with E-state index in [1.807, 2.05) is 65.1 Å². The average molecular weight is 472 g/mol. The van der Waals surface area contributed by atoms with Crippen molar-refractivity contribution in [2.45, 2.75) is 25.9 Å². The number of rotatable bonds is 7. The summed E-state index contributed by atoms with van der Waals surface area (Å²) in [6.45, 7) is 0.809. The van der Waals surface area contributed by atoms with Gasteiger partial charge >= 0.3 is 0 Å². The molecule has 0 saturated carbocycles. The van der Waals surface area contributed by atoms with Gasteiger partial charge in [-0.3, -0.25) is 18.6 Å². The number of amides is 1. The van der Waals surface area contributed by atoms with Crippen LogP contribution in [0.4, 0.5) is 0 Å². The van der Waals surface area contributed by atoms with E-state index in [-0.39, 0.29) is 17.9 Å². The smallest absolute Gasteiger partial charge is 0.263 e. The Hall–Kier alpha value is -3.97. The zero-order chi connectivity index (χ0) is 23.5. The van der Waals surface area contributed by atoms with Gasteiger partial charge in [-0.1, -0.05) is 66.2 Å². The lowest BCUT2D eigenvalue weighted by molar-refractivity contribution is -0.121. The summed E-state index contributed by atoms with van der Waals surface area (Å²) < 4.78 is 3.51. The van der Waals surface area contributed by atoms with Crippen LogP contribution in [0.3, 0.4) is 0 Å². The SMILES string of the molecule is O=C(CCc1nnc2n(Cc3ccccc3)c(=O)c3ccccc3n12)NCc1ccc(Cl)cc1. The van der Waals surface area contributed by atoms with Crippen LogP contribution in [-0.4, -0.2) is 25.1 Å². The highest BCUT2D eigenvalue weighted by molar-refractivity contribution is 6.30. The number of carbonyl (C=O) groups is 1. The summed E-state index contributed by atoms with van der Waals surface area (Å²) in [5.41, 5.74) is 2.58. The maximum Gasteiger partial charge on any atom is 0.263 e. The second-order valence-electron chi connectivity index (χ2n) is 8.05. The van der Waals surface area contributed by atoms with Crippen LogP contribution in [0, 0.1) is 0 Å². The molecule has 170 valence electrons. The number of fused-ring (bicyclic) bond motifs is 3. The minimum absolute atomic E-state index is 0.0892. The first-order chi connectivity index (χ1) is 16.6. The molecule has 0 radical (unpaired) electrons. The molecule has 0 aliphatic rings. The third kappa shape index (κ3) is 4.43. The van der Waals surface area contributed by atoms with Gasteiger partial charge in [0.2, 0.25) is 11.7 Å². The van der Waals surface area contributed by atoms with Crippen LogP contribution in [0.15, 0.2) is 83.7 Å². The molecule has 0 aliphatic heterocycles. The van der Waals surface area contributed by atoms with E-state index in [9.17, 15) is 9.59 Å². The molecule has 0 unspecified atom stereocenters. The molecule has 5 aromatic rings. The molecule has 0 spiro atoms. The van der Waals surface area contributed by atoms with Crippen LogP contribution in [0.2, 0.25) is 5.02 Å². The number of halogens is 1. The van der Waals surface area contributed by atoms with Crippen molar-refractivity contribution < 1.29 is 4.79 Å². The second kappa shape index (κ2) is 9.49. The summed E-state index contributed by atoms with van der Waals surface area (Å²) in [4.78, 5) is 25.8. The molecule has 1 amide bonds. The highest BCUT2D eigenvalue weighted by Gasteiger charge is 2.17. The van der Waals surface area contributed by atoms with Crippen LogP contribution in [-0.2, 0) is 24.3 Å². The molecular formula is C26H22ClN5O2. The molecule has 2 heterocycles. The van der Waals surface area contributed by atoms with Crippen molar-refractivity contribution >= 4 is 34.2 Å². The van der Waals surface area contributed by atoms with Gasteiger partial charge in [0, 0.05) is 24.4 Å². The first-order valence-electron chi connectivity index (χ1n) is 11.0. The minimum Gasteiger partial charge on any atom is -0.352 e. The predicted octanol–water partition coefficient (Wildman–Crippen LogP) is 3.99. The van der Waals surface area contributed by atoms with E-state index in [4.69, 9.17) is 11.6 Å². The largest absolute Gasteiger partial charge is 0.352 e. The lowest BCUT2D eigenvalue weighted by Gasteiger charge is -2.11. The average Bonchev–Trinajstić information content (AvgIpc) is 3.29. The highest BCUT2D eigenvalue weighted by atomic mass is 35.5. The summed E-state index contributed by atoms with van der Waals surface area (Å²) in [6.07, 6.45) is 0.641. The first kappa shape index (κ1) is 21.9. The number of hydrogen-bond donors (Lipinski definition) is 1. The van der Waals surface area contributed by atoms with Crippen molar-refractivity contribution in [3.63, 3.8) is 0 Å². The Morgan fingerprint density at radius 3 is 2.41 bits per heavy atom. The van der Waals surface area contributed by atoms with E-state index in [1.165, 1.54) is 0 Å². The zero-order valence-corrected chi connectivity index (χ0v) is 19.1. The lowest BCUT2D eigenvalue weighted by Crippen LogP contribution is -2.25. The number of hydrogen-bond acceptors (Lipinski definition) is 4. The van der Waals surface area contributed by atoms with Crippen molar-refractivity contribution in [2.24, 2.45) is 0 Å². The first-order valence-corrected chi connectivity index (χ1v) is 11.4. The molecule has 34 heavy (non-hydrogen) atoms. The van der Waals surface area contributed by atoms with Crippen molar-refractivity contribution in [3.05, 3.63) is 111 Å². The Labute approximate surface area is 200 Å². The molecule has 1 N–H and O–H groups in total. The van der Waals surface area contributed by atoms with E-state index < -0.39 is 0 Å². The normalized spacial score (nSPS) is 11.2. The molecule has 0 bridgehead atoms. The van der Waals surface area contributed by atoms with Crippen molar-refractivity contribution in [3.8, 4) is 0 Å². The molecular weight excluding hydrogens is 450 g/mol. The topological polar surface area (TPSA) is 81.3 Å². The van der Waals surface area contributed by atoms with Gasteiger partial charge in [-0.15, -0.1) is 10.2 Å². The molecule has 3 aromatic carbocycles. The van der Waals surface area contributed by atoms with E-state index in [0.29, 0.717) is 41.5 Å². The quantitative estimate of drug-likeness (QED) is 0.389. The van der Waals surface area contributed by atoms with Gasteiger partial charge in [0.05, 0.1) is 17.4 Å². The molecule has 8 heteroatoms. The van der Waals surface area contributed by atoms with Crippen molar-refractivity contribution in [1.29, 1.82) is 0 Å². The summed E-state index contributed by atoms with van der Waals surface area (Å²) in [5.74, 6) is 1.01. The van der Waals surface area contributed by atoms with Crippen LogP contribution in [0.5, 0.6) is 0 Å². The molecule has 7 nitrogen and oxygen atoms in total. The van der Waals surface area contributed by atoms with Crippen LogP contribution in [0.25, 0.3) is 16.7 Å². The Balaban J connectivity index is 1.42. The maximum absolute atomic E-state index is 13.3. The summed E-state index contributed by atoms with van der Waals surface area (Å²) >= 11 is 5.91. The fourth-order valence-electron chi connectivity index (χ4n) is 4.00. The highest BCUT2D eigenvalue weighted by Crippen LogP contribution is 2.17. The van der Waals surface area contributed by atoms with Crippen LogP contribution in [0.1, 0.15) is 23.4 Å². The molecule has 5 rings (SSSR count). The molecule has 0 atom stereocenters. The van der Waals surface area contributed by atoms with Gasteiger partial charge in [-0.05, 0) is 35.4 Å². The Morgan fingerprint density at radius 2 is 1.62 bits per heavy atom. The fraction of sp³-hybridized carbons (Fsp3) is 0.154. The Morgan fingerprint density at radius 1 is 0.882 bits per heavy atom. The Kier molecular flexibility index (Phi) is 6.10. The lowest BCUT2D eigenvalue weighted by atomic mass is 10.2. The molecule has 0 aliphatic carbocycles. The predicted molar refractivity (Wildman–Crippen MR) is 132 cm³/mol. The molecule has 2 aromatic heterocycles. The molecule has 0 saturated heterocycles. The van der Waals surface area contributed by atoms with Gasteiger partial charge in [-0.2, -0.15) is 0 Å². The van der Waals surface area contributed by atoms with Gasteiger partial charge < -0.3 is 5.32 Å². The Bertz CT molecular complexity index is 1520. The van der Waals surface area contributed by atoms with Gasteiger partial charge in [0.1, 0.15) is 5.82 Å². The maximum atomic E-state index is 13.3. The summed E-state index contributed by atoms with van der Waals surface area (Å²) in [6, 6.07) is 24.5. The second-order valence-corrected chi connectivity index (χ2v) is 8.49. The van der Waals surface area contributed by atoms with Gasteiger partial charge in [0.15, 0.2) is 0 Å². The molecule has 0 fully saturated rings. The monoisotopic (exact) mass is 471 g/mol. The van der Waals surface area contributed by atoms with E-state index in [1.54, 1.807) is 22.8 Å². The van der Waals surface area contributed by atoms with E-state index >= 15 is 0 Å². The number of nitrogens with one attached hydrogen (secondary N) is 1. The number of benzene rings is 3. The van der Waals surface area contributed by atoms with E-state index in [2.05, 4.69) is 15.5 Å². The standard InChI is InChI=1S/C26H22ClN5O2/c27-20-12-10-18(11-13-20)16-28-24(33)15-14-23-29-30-26-31(17-19-6-2-1-3-7-19)25(34)21-8-4-5-9-22(21)32(23)26/h1-13H,14-17H2,(H,28,33). The number of para-hydroxylation sites is 1. The number of nitrogens with zero attached hydrogens (tertiary/aromatic N) is 4. The van der Waals surface area contributed by atoms with Crippen molar-refractivity contribution in [2.75, 3.05) is 0 Å². The fourth-order valence-corrected chi connectivity index (χ4v) is 4.13. The van der Waals surface area contributed by atoms with E-state index in [0.717, 1.165) is 16.6 Å². The van der Waals surface area contributed by atoms with Gasteiger partial charge in [0.25, 0.3) is 5.56 Å². The minimum atomic E-state index is -0.119. The third-order valence-electron chi connectivity index (χ3n) is 5.74. The van der Waals surface area contributed by atoms with Crippen LogP contribution >= 0.6 is 11.6 Å². The third-order valence-corrected chi connectivity index (χ3v) is 5.99.